The van der Waals surface area contributed by atoms with Crippen molar-refractivity contribution in [1.82, 2.24) is 0 Å². The zero-order valence-electron chi connectivity index (χ0n) is 9.71. The SMILES string of the molecule is Cc1ccc(Br)cc1OCc1cc(F)ccc1F. The van der Waals surface area contributed by atoms with Gasteiger partial charge in [0.2, 0.25) is 0 Å². The zero-order chi connectivity index (χ0) is 13.1. The van der Waals surface area contributed by atoms with E-state index in [1.165, 1.54) is 0 Å². The van der Waals surface area contributed by atoms with Gasteiger partial charge in [-0.2, -0.15) is 0 Å². The lowest BCUT2D eigenvalue weighted by Crippen LogP contribution is -2.00. The van der Waals surface area contributed by atoms with Crippen LogP contribution in [0, 0.1) is 18.6 Å². The third-order valence-corrected chi connectivity index (χ3v) is 3.03. The largest absolute Gasteiger partial charge is 0.488 e. The second kappa shape index (κ2) is 5.48. The van der Waals surface area contributed by atoms with Crippen LogP contribution in [0.5, 0.6) is 5.75 Å². The second-order valence-corrected chi connectivity index (χ2v) is 4.85. The van der Waals surface area contributed by atoms with Gasteiger partial charge in [0.25, 0.3) is 0 Å². The van der Waals surface area contributed by atoms with E-state index in [0.717, 1.165) is 28.2 Å². The third kappa shape index (κ3) is 3.07. The Kier molecular flexibility index (Phi) is 3.97. The molecule has 0 amide bonds. The fourth-order valence-electron chi connectivity index (χ4n) is 1.54. The molecule has 0 spiro atoms. The van der Waals surface area contributed by atoms with Gasteiger partial charge in [-0.3, -0.25) is 0 Å². The molecule has 0 aromatic heterocycles. The fraction of sp³-hybridized carbons (Fsp3) is 0.143. The fourth-order valence-corrected chi connectivity index (χ4v) is 1.88. The number of rotatable bonds is 3. The summed E-state index contributed by atoms with van der Waals surface area (Å²) in [6.07, 6.45) is 0. The molecular formula is C14H11BrF2O. The highest BCUT2D eigenvalue weighted by atomic mass is 79.9. The van der Waals surface area contributed by atoms with Crippen molar-refractivity contribution in [3.05, 3.63) is 63.6 Å². The Bertz CT molecular complexity index is 518. The lowest BCUT2D eigenvalue weighted by molar-refractivity contribution is 0.297. The molecule has 0 atom stereocenters. The van der Waals surface area contributed by atoms with Crippen LogP contribution in [-0.2, 0) is 6.61 Å². The maximum atomic E-state index is 13.4. The van der Waals surface area contributed by atoms with E-state index < -0.39 is 11.6 Å². The molecule has 2 aromatic carbocycles. The number of benzene rings is 2. The predicted octanol–water partition coefficient (Wildman–Crippen LogP) is 4.61. The molecule has 94 valence electrons. The van der Waals surface area contributed by atoms with Crippen molar-refractivity contribution in [1.29, 1.82) is 0 Å². The van der Waals surface area contributed by atoms with E-state index in [1.807, 2.05) is 19.1 Å². The molecule has 0 unspecified atom stereocenters. The van der Waals surface area contributed by atoms with Crippen LogP contribution in [-0.4, -0.2) is 0 Å². The normalized spacial score (nSPS) is 10.4. The van der Waals surface area contributed by atoms with Crippen LogP contribution in [0.1, 0.15) is 11.1 Å². The minimum atomic E-state index is -0.471. The van der Waals surface area contributed by atoms with Gasteiger partial charge in [-0.05, 0) is 42.8 Å². The van der Waals surface area contributed by atoms with Crippen molar-refractivity contribution in [3.63, 3.8) is 0 Å². The molecular weight excluding hydrogens is 302 g/mol. The first kappa shape index (κ1) is 13.0. The Balaban J connectivity index is 2.16. The van der Waals surface area contributed by atoms with Crippen LogP contribution in [0.15, 0.2) is 40.9 Å². The van der Waals surface area contributed by atoms with Gasteiger partial charge in [-0.15, -0.1) is 0 Å². The van der Waals surface area contributed by atoms with E-state index in [0.29, 0.717) is 5.75 Å². The van der Waals surface area contributed by atoms with Crippen molar-refractivity contribution in [3.8, 4) is 5.75 Å². The smallest absolute Gasteiger partial charge is 0.130 e. The van der Waals surface area contributed by atoms with Crippen molar-refractivity contribution >= 4 is 15.9 Å². The van der Waals surface area contributed by atoms with Crippen LogP contribution in [0.25, 0.3) is 0 Å². The van der Waals surface area contributed by atoms with E-state index in [4.69, 9.17) is 4.74 Å². The maximum Gasteiger partial charge on any atom is 0.130 e. The summed E-state index contributed by atoms with van der Waals surface area (Å²) >= 11 is 3.33. The summed E-state index contributed by atoms with van der Waals surface area (Å²) < 4.78 is 32.8. The molecule has 0 N–H and O–H groups in total. The quantitative estimate of drug-likeness (QED) is 0.804. The Morgan fingerprint density at radius 1 is 1.11 bits per heavy atom. The molecule has 0 radical (unpaired) electrons. The molecule has 0 saturated heterocycles. The summed E-state index contributed by atoms with van der Waals surface area (Å²) in [7, 11) is 0. The van der Waals surface area contributed by atoms with Crippen molar-refractivity contribution in [2.75, 3.05) is 0 Å². The van der Waals surface area contributed by atoms with E-state index in [-0.39, 0.29) is 12.2 Å². The lowest BCUT2D eigenvalue weighted by atomic mass is 10.2. The predicted molar refractivity (Wildman–Crippen MR) is 69.6 cm³/mol. The van der Waals surface area contributed by atoms with Crippen molar-refractivity contribution in [2.45, 2.75) is 13.5 Å². The van der Waals surface area contributed by atoms with Crippen LogP contribution < -0.4 is 4.74 Å². The van der Waals surface area contributed by atoms with Gasteiger partial charge < -0.3 is 4.74 Å². The third-order valence-electron chi connectivity index (χ3n) is 2.54. The van der Waals surface area contributed by atoms with Crippen molar-refractivity contribution < 1.29 is 13.5 Å². The van der Waals surface area contributed by atoms with Gasteiger partial charge in [0, 0.05) is 10.0 Å². The first-order valence-electron chi connectivity index (χ1n) is 5.39. The summed E-state index contributed by atoms with van der Waals surface area (Å²) in [6.45, 7) is 1.89. The topological polar surface area (TPSA) is 9.23 Å². The zero-order valence-corrected chi connectivity index (χ0v) is 11.3. The molecule has 2 aromatic rings. The number of hydrogen-bond donors (Lipinski definition) is 0. The summed E-state index contributed by atoms with van der Waals surface area (Å²) in [5, 5.41) is 0. The number of aryl methyl sites for hydroxylation is 1. The summed E-state index contributed by atoms with van der Waals surface area (Å²) in [4.78, 5) is 0. The van der Waals surface area contributed by atoms with Crippen LogP contribution in [0.3, 0.4) is 0 Å². The first-order chi connectivity index (χ1) is 8.56. The molecule has 4 heteroatoms. The van der Waals surface area contributed by atoms with E-state index in [2.05, 4.69) is 15.9 Å². The van der Waals surface area contributed by atoms with Crippen LogP contribution in [0.2, 0.25) is 0 Å². The Hall–Kier alpha value is -1.42. The van der Waals surface area contributed by atoms with Gasteiger partial charge in [0.05, 0.1) is 0 Å². The molecule has 0 aliphatic heterocycles. The Morgan fingerprint density at radius 3 is 2.67 bits per heavy atom. The standard InChI is InChI=1S/C14H11BrF2O/c1-9-2-3-11(15)7-14(9)18-8-10-6-12(16)4-5-13(10)17/h2-7H,8H2,1H3. The average molecular weight is 313 g/mol. The van der Waals surface area contributed by atoms with Gasteiger partial charge in [0.15, 0.2) is 0 Å². The highest BCUT2D eigenvalue weighted by Gasteiger charge is 2.06. The van der Waals surface area contributed by atoms with Gasteiger partial charge in [-0.25, -0.2) is 8.78 Å². The van der Waals surface area contributed by atoms with Gasteiger partial charge in [-0.1, -0.05) is 22.0 Å². The second-order valence-electron chi connectivity index (χ2n) is 3.93. The molecule has 0 bridgehead atoms. The summed E-state index contributed by atoms with van der Waals surface area (Å²) in [5.41, 5.74) is 1.14. The first-order valence-corrected chi connectivity index (χ1v) is 6.18. The lowest BCUT2D eigenvalue weighted by Gasteiger charge is -2.10. The van der Waals surface area contributed by atoms with E-state index in [1.54, 1.807) is 6.07 Å². The van der Waals surface area contributed by atoms with E-state index in [9.17, 15) is 8.78 Å². The molecule has 18 heavy (non-hydrogen) atoms. The van der Waals surface area contributed by atoms with Gasteiger partial charge >= 0.3 is 0 Å². The molecule has 0 aliphatic rings. The number of ether oxygens (including phenoxy) is 1. The van der Waals surface area contributed by atoms with E-state index >= 15 is 0 Å². The van der Waals surface area contributed by atoms with Crippen LogP contribution in [0.4, 0.5) is 8.78 Å². The minimum Gasteiger partial charge on any atom is -0.488 e. The summed E-state index contributed by atoms with van der Waals surface area (Å²) in [5.74, 6) is -0.293. The van der Waals surface area contributed by atoms with Gasteiger partial charge in [0.1, 0.15) is 24.0 Å². The van der Waals surface area contributed by atoms with Crippen molar-refractivity contribution in [2.24, 2.45) is 0 Å². The molecule has 2 rings (SSSR count). The maximum absolute atomic E-state index is 13.4. The Morgan fingerprint density at radius 2 is 1.89 bits per heavy atom. The molecule has 1 nitrogen and oxygen atoms in total. The highest BCUT2D eigenvalue weighted by Crippen LogP contribution is 2.24. The molecule has 0 saturated carbocycles. The monoisotopic (exact) mass is 312 g/mol. The number of halogens is 3. The van der Waals surface area contributed by atoms with Crippen LogP contribution >= 0.6 is 15.9 Å². The number of hydrogen-bond acceptors (Lipinski definition) is 1. The summed E-state index contributed by atoms with van der Waals surface area (Å²) in [6, 6.07) is 8.91. The average Bonchev–Trinajstić information content (AvgIpc) is 2.34. The molecule has 0 heterocycles. The molecule has 0 fully saturated rings. The highest BCUT2D eigenvalue weighted by molar-refractivity contribution is 9.10. The Labute approximate surface area is 113 Å². The minimum absolute atomic E-state index is 0.000880. The molecule has 0 aliphatic carbocycles.